The van der Waals surface area contributed by atoms with Crippen LogP contribution < -0.4 is 10.1 Å². The van der Waals surface area contributed by atoms with Crippen LogP contribution in [0, 0.1) is 0 Å². The number of benzene rings is 2. The van der Waals surface area contributed by atoms with Crippen LogP contribution >= 0.6 is 11.6 Å². The third-order valence-electron chi connectivity index (χ3n) is 4.40. The molecule has 2 aromatic carbocycles. The van der Waals surface area contributed by atoms with Crippen molar-refractivity contribution >= 4 is 23.2 Å². The largest absolute Gasteiger partial charge is 0.487 e. The van der Waals surface area contributed by atoms with Gasteiger partial charge in [0.25, 0.3) is 0 Å². The van der Waals surface area contributed by atoms with E-state index < -0.39 is 0 Å². The van der Waals surface area contributed by atoms with Crippen LogP contribution in [0.5, 0.6) is 5.75 Å². The van der Waals surface area contributed by atoms with Crippen LogP contribution in [0.25, 0.3) is 11.1 Å². The fourth-order valence-electron chi connectivity index (χ4n) is 3.06. The second-order valence-electron chi connectivity index (χ2n) is 6.21. The summed E-state index contributed by atoms with van der Waals surface area (Å²) in [5.41, 5.74) is 5.08. The number of rotatable bonds is 4. The Morgan fingerprint density at radius 3 is 2.81 bits per heavy atom. The zero-order valence-corrected chi connectivity index (χ0v) is 14.8. The highest BCUT2D eigenvalue weighted by Crippen LogP contribution is 2.37. The number of nitrogens with zero attached hydrogens (tertiary/aromatic N) is 1. The van der Waals surface area contributed by atoms with E-state index in [4.69, 9.17) is 16.3 Å². The first-order valence-electron chi connectivity index (χ1n) is 8.43. The molecule has 0 radical (unpaired) electrons. The molecule has 0 fully saturated rings. The number of carbonyl (C=O) groups excluding carboxylic acids is 1. The van der Waals surface area contributed by atoms with E-state index in [1.54, 1.807) is 12.4 Å². The quantitative estimate of drug-likeness (QED) is 0.718. The summed E-state index contributed by atoms with van der Waals surface area (Å²) in [6.45, 7) is 0.475. The third-order valence-corrected chi connectivity index (χ3v) is 4.65. The molecule has 1 aliphatic rings. The number of hydrogen-bond acceptors (Lipinski definition) is 3. The van der Waals surface area contributed by atoms with Crippen LogP contribution in [0.4, 0.5) is 5.69 Å². The van der Waals surface area contributed by atoms with Crippen LogP contribution in [0.3, 0.4) is 0 Å². The highest BCUT2D eigenvalue weighted by molar-refractivity contribution is 6.30. The standard InChI is InChI=1S/C21H17ClN2O2/c22-16-4-1-14(2-5-16)3-8-21(25)24-17-6-7-18-15(11-17)13-26-20-12-23-10-9-19(18)20/h1-2,4-7,9-12H,3,8,13H2,(H,24,25). The molecule has 2 heterocycles. The zero-order valence-electron chi connectivity index (χ0n) is 14.0. The number of ether oxygens (including phenoxy) is 1. The van der Waals surface area contributed by atoms with Gasteiger partial charge in [-0.25, -0.2) is 0 Å². The number of aromatic nitrogens is 1. The molecule has 5 heteroatoms. The summed E-state index contributed by atoms with van der Waals surface area (Å²) < 4.78 is 5.74. The van der Waals surface area contributed by atoms with Crippen molar-refractivity contribution in [3.05, 3.63) is 77.1 Å². The Morgan fingerprint density at radius 1 is 1.12 bits per heavy atom. The predicted octanol–water partition coefficient (Wildman–Crippen LogP) is 4.87. The Kier molecular flexibility index (Phi) is 4.59. The third kappa shape index (κ3) is 3.55. The van der Waals surface area contributed by atoms with Gasteiger partial charge in [0.1, 0.15) is 12.4 Å². The Morgan fingerprint density at radius 2 is 1.96 bits per heavy atom. The fraction of sp³-hybridized carbons (Fsp3) is 0.143. The van der Waals surface area contributed by atoms with Gasteiger partial charge in [-0.05, 0) is 53.4 Å². The normalized spacial score (nSPS) is 11.9. The van der Waals surface area contributed by atoms with E-state index in [0.29, 0.717) is 24.5 Å². The maximum Gasteiger partial charge on any atom is 0.224 e. The van der Waals surface area contributed by atoms with Gasteiger partial charge in [-0.15, -0.1) is 0 Å². The van der Waals surface area contributed by atoms with Crippen LogP contribution in [0.2, 0.25) is 5.02 Å². The van der Waals surface area contributed by atoms with Crippen molar-refractivity contribution in [2.45, 2.75) is 19.4 Å². The number of carbonyl (C=O) groups is 1. The van der Waals surface area contributed by atoms with E-state index >= 15 is 0 Å². The first-order valence-corrected chi connectivity index (χ1v) is 8.81. The number of nitrogens with one attached hydrogen (secondary N) is 1. The van der Waals surface area contributed by atoms with E-state index in [2.05, 4.69) is 10.3 Å². The molecule has 1 aromatic heterocycles. The second kappa shape index (κ2) is 7.18. The SMILES string of the molecule is O=C(CCc1ccc(Cl)cc1)Nc1ccc2c(c1)COc1cnccc1-2. The van der Waals surface area contributed by atoms with E-state index in [1.165, 1.54) is 0 Å². The molecule has 0 atom stereocenters. The maximum atomic E-state index is 12.2. The van der Waals surface area contributed by atoms with Crippen LogP contribution in [0.15, 0.2) is 60.9 Å². The predicted molar refractivity (Wildman–Crippen MR) is 102 cm³/mol. The lowest BCUT2D eigenvalue weighted by molar-refractivity contribution is -0.116. The van der Waals surface area contributed by atoms with Crippen molar-refractivity contribution in [1.29, 1.82) is 0 Å². The highest BCUT2D eigenvalue weighted by atomic mass is 35.5. The van der Waals surface area contributed by atoms with Crippen LogP contribution in [-0.2, 0) is 17.8 Å². The average molecular weight is 365 g/mol. The summed E-state index contributed by atoms with van der Waals surface area (Å²) in [5, 5.41) is 3.67. The van der Waals surface area contributed by atoms with Crippen molar-refractivity contribution in [3.63, 3.8) is 0 Å². The monoisotopic (exact) mass is 364 g/mol. The number of fused-ring (bicyclic) bond motifs is 3. The molecule has 0 unspecified atom stereocenters. The van der Waals surface area contributed by atoms with E-state index in [9.17, 15) is 4.79 Å². The van der Waals surface area contributed by atoms with Crippen LogP contribution in [-0.4, -0.2) is 10.9 Å². The van der Waals surface area contributed by atoms with E-state index in [0.717, 1.165) is 33.7 Å². The smallest absolute Gasteiger partial charge is 0.224 e. The summed E-state index contributed by atoms with van der Waals surface area (Å²) >= 11 is 5.88. The van der Waals surface area contributed by atoms with Gasteiger partial charge < -0.3 is 10.1 Å². The number of aryl methyl sites for hydroxylation is 1. The minimum Gasteiger partial charge on any atom is -0.487 e. The van der Waals surface area contributed by atoms with Gasteiger partial charge in [0.2, 0.25) is 5.91 Å². The number of anilines is 1. The van der Waals surface area contributed by atoms with E-state index in [-0.39, 0.29) is 5.91 Å². The van der Waals surface area contributed by atoms with Gasteiger partial charge in [0.05, 0.1) is 6.20 Å². The first-order chi connectivity index (χ1) is 12.7. The van der Waals surface area contributed by atoms with Gasteiger partial charge in [-0.3, -0.25) is 9.78 Å². The molecule has 0 bridgehead atoms. The molecule has 0 aliphatic carbocycles. The average Bonchev–Trinajstić information content (AvgIpc) is 2.67. The number of amides is 1. The molecular formula is C21H17ClN2O2. The van der Waals surface area contributed by atoms with Gasteiger partial charge >= 0.3 is 0 Å². The minimum atomic E-state index is -0.0128. The van der Waals surface area contributed by atoms with Gasteiger partial charge in [0, 0.05) is 28.9 Å². The molecule has 26 heavy (non-hydrogen) atoms. The molecule has 0 saturated carbocycles. The van der Waals surface area contributed by atoms with Gasteiger partial charge in [-0.1, -0.05) is 29.8 Å². The summed E-state index contributed by atoms with van der Waals surface area (Å²) in [4.78, 5) is 16.3. The highest BCUT2D eigenvalue weighted by Gasteiger charge is 2.17. The Balaban J connectivity index is 1.43. The molecule has 4 nitrogen and oxygen atoms in total. The first kappa shape index (κ1) is 16.6. The molecular weight excluding hydrogens is 348 g/mol. The zero-order chi connectivity index (χ0) is 17.9. The van der Waals surface area contributed by atoms with Crippen molar-refractivity contribution in [2.24, 2.45) is 0 Å². The lowest BCUT2D eigenvalue weighted by atomic mass is 9.97. The molecule has 1 aliphatic heterocycles. The Hall–Kier alpha value is -2.85. The lowest BCUT2D eigenvalue weighted by Gasteiger charge is -2.21. The Bertz CT molecular complexity index is 954. The number of hydrogen-bond donors (Lipinski definition) is 1. The number of halogens is 1. The molecule has 1 amide bonds. The molecule has 3 aromatic rings. The van der Waals surface area contributed by atoms with E-state index in [1.807, 2.05) is 48.5 Å². The van der Waals surface area contributed by atoms with Crippen molar-refractivity contribution in [2.75, 3.05) is 5.32 Å². The summed E-state index contributed by atoms with van der Waals surface area (Å²) in [7, 11) is 0. The fourth-order valence-corrected chi connectivity index (χ4v) is 3.19. The summed E-state index contributed by atoms with van der Waals surface area (Å²) in [6.07, 6.45) is 4.58. The topological polar surface area (TPSA) is 51.2 Å². The van der Waals surface area contributed by atoms with Crippen molar-refractivity contribution < 1.29 is 9.53 Å². The van der Waals surface area contributed by atoms with Crippen molar-refractivity contribution in [1.82, 2.24) is 4.98 Å². The molecule has 1 N–H and O–H groups in total. The summed E-state index contributed by atoms with van der Waals surface area (Å²) in [6, 6.07) is 15.4. The van der Waals surface area contributed by atoms with Crippen LogP contribution in [0.1, 0.15) is 17.5 Å². The molecule has 4 rings (SSSR count). The van der Waals surface area contributed by atoms with Gasteiger partial charge in [-0.2, -0.15) is 0 Å². The molecule has 0 spiro atoms. The second-order valence-corrected chi connectivity index (χ2v) is 6.64. The maximum absolute atomic E-state index is 12.2. The number of pyridine rings is 1. The minimum absolute atomic E-state index is 0.0128. The molecule has 0 saturated heterocycles. The summed E-state index contributed by atoms with van der Waals surface area (Å²) in [5.74, 6) is 0.779. The Labute approximate surface area is 156 Å². The molecule has 130 valence electrons. The van der Waals surface area contributed by atoms with Crippen molar-refractivity contribution in [3.8, 4) is 16.9 Å². The van der Waals surface area contributed by atoms with Gasteiger partial charge in [0.15, 0.2) is 0 Å². The lowest BCUT2D eigenvalue weighted by Crippen LogP contribution is -2.13.